The highest BCUT2D eigenvalue weighted by atomic mass is 32.1. The number of aromatic amines is 1. The summed E-state index contributed by atoms with van der Waals surface area (Å²) in [5.74, 6) is -1.92. The van der Waals surface area contributed by atoms with E-state index >= 15 is 0 Å². The van der Waals surface area contributed by atoms with E-state index in [2.05, 4.69) is 15.6 Å². The molecule has 1 atom stereocenters. The first-order chi connectivity index (χ1) is 19.3. The molecule has 4 N–H and O–H groups in total. The molecule has 2 heterocycles. The maximum atomic E-state index is 13.3. The van der Waals surface area contributed by atoms with E-state index in [1.807, 2.05) is 0 Å². The summed E-state index contributed by atoms with van der Waals surface area (Å²) >= 11 is 1.33. The van der Waals surface area contributed by atoms with E-state index in [4.69, 9.17) is 0 Å². The van der Waals surface area contributed by atoms with Crippen LogP contribution in [-0.2, 0) is 11.3 Å². The molecule has 40 heavy (non-hydrogen) atoms. The van der Waals surface area contributed by atoms with E-state index in [0.717, 1.165) is 10.1 Å². The number of H-pyrrole nitrogens is 1. The van der Waals surface area contributed by atoms with Crippen molar-refractivity contribution in [2.24, 2.45) is 0 Å². The summed E-state index contributed by atoms with van der Waals surface area (Å²) in [4.78, 5) is 54.1. The zero-order valence-corrected chi connectivity index (χ0v) is 21.7. The Kier molecular flexibility index (Phi) is 7.56. The minimum atomic E-state index is -1.06. The van der Waals surface area contributed by atoms with Crippen LogP contribution in [0.4, 0.5) is 10.1 Å². The molecule has 5 aromatic rings. The lowest BCUT2D eigenvalue weighted by Gasteiger charge is -2.16. The number of anilines is 1. The number of fused-ring (bicyclic) bond motifs is 1. The number of carboxylic acids is 1. The molecule has 202 valence electrons. The number of rotatable bonds is 9. The molecule has 3 aromatic carbocycles. The second-order valence-electron chi connectivity index (χ2n) is 9.00. The molecule has 1 unspecified atom stereocenters. The second-order valence-corrected chi connectivity index (χ2v) is 9.98. The molecular weight excluding hydrogens is 535 g/mol. The molecule has 0 spiro atoms. The maximum absolute atomic E-state index is 13.3. The lowest BCUT2D eigenvalue weighted by molar-refractivity contribution is -0.137. The van der Waals surface area contributed by atoms with E-state index in [-0.39, 0.29) is 28.9 Å². The smallest absolute Gasteiger partial charge is 0.333 e. The van der Waals surface area contributed by atoms with Gasteiger partial charge in [-0.25, -0.2) is 13.8 Å². The Morgan fingerprint density at radius 1 is 1.00 bits per heavy atom. The molecule has 9 nitrogen and oxygen atoms in total. The van der Waals surface area contributed by atoms with Gasteiger partial charge in [0.15, 0.2) is 0 Å². The molecule has 0 saturated carbocycles. The number of aromatic nitrogens is 2. The first-order valence-corrected chi connectivity index (χ1v) is 13.1. The third kappa shape index (κ3) is 5.84. The number of amides is 1. The number of thiophene rings is 1. The quantitative estimate of drug-likeness (QED) is 0.211. The van der Waals surface area contributed by atoms with E-state index in [0.29, 0.717) is 22.6 Å². The molecule has 0 bridgehead atoms. The van der Waals surface area contributed by atoms with Gasteiger partial charge in [-0.3, -0.25) is 14.4 Å². The van der Waals surface area contributed by atoms with Crippen LogP contribution in [0, 0.1) is 5.82 Å². The SMILES string of the molecule is O=C(O)CC(NC(=O)c1cccc(-n2c(=O)[nH]c3cc(NCc4ccc(F)cc4)ccc3c2=O)c1)c1cccs1. The summed E-state index contributed by atoms with van der Waals surface area (Å²) in [5, 5.41) is 17.2. The number of benzene rings is 3. The number of nitrogens with one attached hydrogen (secondary N) is 3. The standard InChI is InChI=1S/C29H23FN4O5S/c30-19-8-6-17(7-9-19)16-31-20-10-11-22-23(14-20)33-29(39)34(28(22)38)21-4-1-3-18(13-21)27(37)32-24(15-26(35)36)25-5-2-12-40-25/h1-14,24,31H,15-16H2,(H,32,37)(H,33,39)(H,35,36). The number of hydrogen-bond donors (Lipinski definition) is 4. The number of aliphatic carboxylic acids is 1. The van der Waals surface area contributed by atoms with Crippen LogP contribution in [0.15, 0.2) is 93.8 Å². The van der Waals surface area contributed by atoms with Gasteiger partial charge < -0.3 is 20.7 Å². The van der Waals surface area contributed by atoms with Gasteiger partial charge >= 0.3 is 11.7 Å². The van der Waals surface area contributed by atoms with Crippen molar-refractivity contribution < 1.29 is 19.1 Å². The average Bonchev–Trinajstić information content (AvgIpc) is 3.47. The van der Waals surface area contributed by atoms with Crippen molar-refractivity contribution in [3.05, 3.63) is 127 Å². The fourth-order valence-corrected chi connectivity index (χ4v) is 5.06. The molecule has 1 amide bonds. The van der Waals surface area contributed by atoms with Crippen molar-refractivity contribution in [3.63, 3.8) is 0 Å². The summed E-state index contributed by atoms with van der Waals surface area (Å²) < 4.78 is 14.1. The zero-order chi connectivity index (χ0) is 28.2. The van der Waals surface area contributed by atoms with Gasteiger partial charge in [0, 0.05) is 22.7 Å². The summed E-state index contributed by atoms with van der Waals surface area (Å²) in [6.07, 6.45) is -0.295. The lowest BCUT2D eigenvalue weighted by Crippen LogP contribution is -2.34. The predicted molar refractivity (Wildman–Crippen MR) is 151 cm³/mol. The Hall–Kier alpha value is -5.03. The van der Waals surface area contributed by atoms with Gasteiger partial charge in [0.1, 0.15) is 5.82 Å². The molecule has 0 radical (unpaired) electrons. The largest absolute Gasteiger partial charge is 0.481 e. The van der Waals surface area contributed by atoms with Crippen LogP contribution in [0.3, 0.4) is 0 Å². The topological polar surface area (TPSA) is 133 Å². The summed E-state index contributed by atoms with van der Waals surface area (Å²) in [7, 11) is 0. The second kappa shape index (κ2) is 11.4. The Balaban J connectivity index is 1.40. The molecule has 0 aliphatic carbocycles. The minimum absolute atomic E-state index is 0.163. The van der Waals surface area contributed by atoms with E-state index in [9.17, 15) is 28.7 Å². The first kappa shape index (κ1) is 26.6. The third-order valence-corrected chi connectivity index (χ3v) is 7.23. The van der Waals surface area contributed by atoms with Crippen molar-refractivity contribution in [2.45, 2.75) is 19.0 Å². The minimum Gasteiger partial charge on any atom is -0.481 e. The third-order valence-electron chi connectivity index (χ3n) is 6.24. The Labute approximate surface area is 230 Å². The fourth-order valence-electron chi connectivity index (χ4n) is 4.28. The van der Waals surface area contributed by atoms with Crippen molar-refractivity contribution in [3.8, 4) is 5.69 Å². The van der Waals surface area contributed by atoms with Crippen molar-refractivity contribution >= 4 is 39.8 Å². The predicted octanol–water partition coefficient (Wildman–Crippen LogP) is 4.44. The highest BCUT2D eigenvalue weighted by Crippen LogP contribution is 2.23. The Bertz CT molecular complexity index is 1810. The van der Waals surface area contributed by atoms with Gasteiger partial charge in [-0.1, -0.05) is 24.3 Å². The van der Waals surface area contributed by atoms with Gasteiger partial charge in [-0.2, -0.15) is 0 Å². The van der Waals surface area contributed by atoms with Crippen LogP contribution >= 0.6 is 11.3 Å². The summed E-state index contributed by atoms with van der Waals surface area (Å²) in [6, 6.07) is 19.8. The molecule has 0 aliphatic rings. The number of hydrogen-bond acceptors (Lipinski definition) is 6. The summed E-state index contributed by atoms with van der Waals surface area (Å²) in [6.45, 7) is 0.418. The van der Waals surface area contributed by atoms with Crippen molar-refractivity contribution in [1.82, 2.24) is 14.9 Å². The number of carbonyl (C=O) groups excluding carboxylic acids is 1. The number of nitrogens with zero attached hydrogens (tertiary/aromatic N) is 1. The molecule has 0 saturated heterocycles. The van der Waals surface area contributed by atoms with Gasteiger partial charge in [0.2, 0.25) is 0 Å². The number of carbonyl (C=O) groups is 2. The molecule has 2 aromatic heterocycles. The monoisotopic (exact) mass is 558 g/mol. The molecule has 0 aliphatic heterocycles. The zero-order valence-electron chi connectivity index (χ0n) is 20.9. The molecule has 11 heteroatoms. The first-order valence-electron chi connectivity index (χ1n) is 12.2. The highest BCUT2D eigenvalue weighted by Gasteiger charge is 2.20. The van der Waals surface area contributed by atoms with Crippen LogP contribution in [-0.4, -0.2) is 26.5 Å². The molecule has 0 fully saturated rings. The van der Waals surface area contributed by atoms with Crippen LogP contribution in [0.5, 0.6) is 0 Å². The summed E-state index contributed by atoms with van der Waals surface area (Å²) in [5.41, 5.74) is 0.943. The van der Waals surface area contributed by atoms with Gasteiger partial charge in [0.05, 0.1) is 29.1 Å². The number of halogens is 1. The van der Waals surface area contributed by atoms with Crippen molar-refractivity contribution in [1.29, 1.82) is 0 Å². The van der Waals surface area contributed by atoms with Crippen LogP contribution in [0.1, 0.15) is 33.3 Å². The van der Waals surface area contributed by atoms with Crippen molar-refractivity contribution in [2.75, 3.05) is 5.32 Å². The van der Waals surface area contributed by atoms with Gasteiger partial charge in [-0.15, -0.1) is 11.3 Å². The van der Waals surface area contributed by atoms with Gasteiger partial charge in [-0.05, 0) is 65.5 Å². The normalized spacial score (nSPS) is 11.7. The van der Waals surface area contributed by atoms with Crippen LogP contribution in [0.25, 0.3) is 16.6 Å². The number of carboxylic acid groups (broad SMARTS) is 1. The lowest BCUT2D eigenvalue weighted by atomic mass is 10.1. The van der Waals surface area contributed by atoms with Crippen LogP contribution in [0.2, 0.25) is 0 Å². The van der Waals surface area contributed by atoms with E-state index in [1.54, 1.807) is 53.9 Å². The van der Waals surface area contributed by atoms with E-state index in [1.165, 1.54) is 41.7 Å². The molecular formula is C29H23FN4O5S. The van der Waals surface area contributed by atoms with Gasteiger partial charge in [0.25, 0.3) is 11.5 Å². The fraction of sp³-hybridized carbons (Fsp3) is 0.103. The molecule has 5 rings (SSSR count). The van der Waals surface area contributed by atoms with Crippen LogP contribution < -0.4 is 21.9 Å². The average molecular weight is 559 g/mol. The Morgan fingerprint density at radius 2 is 1.80 bits per heavy atom. The Morgan fingerprint density at radius 3 is 2.52 bits per heavy atom. The highest BCUT2D eigenvalue weighted by molar-refractivity contribution is 7.10. The van der Waals surface area contributed by atoms with E-state index < -0.39 is 29.2 Å². The maximum Gasteiger partial charge on any atom is 0.333 e.